The number of carbonyl (C=O) groups excluding carboxylic acids is 1. The van der Waals surface area contributed by atoms with E-state index in [-0.39, 0.29) is 18.2 Å². The van der Waals surface area contributed by atoms with Crippen LogP contribution in [0.15, 0.2) is 36.4 Å². The molecule has 1 atom stereocenters. The average Bonchev–Trinajstić information content (AvgIpc) is 3.24. The third-order valence-corrected chi connectivity index (χ3v) is 6.87. The molecule has 1 amide bonds. The van der Waals surface area contributed by atoms with Crippen molar-refractivity contribution in [2.75, 3.05) is 5.32 Å². The number of hydrogen-bond acceptors (Lipinski definition) is 3. The number of alkyl halides is 3. The van der Waals surface area contributed by atoms with Gasteiger partial charge in [0.15, 0.2) is 0 Å². The summed E-state index contributed by atoms with van der Waals surface area (Å²) >= 11 is 0. The van der Waals surface area contributed by atoms with Gasteiger partial charge in [-0.15, -0.1) is 0 Å². The Morgan fingerprint density at radius 3 is 2.63 bits per heavy atom. The molecular weight excluding hydrogens is 394 g/mol. The number of para-hydroxylation sites is 1. The Kier molecular flexibility index (Phi) is 4.49. The lowest BCUT2D eigenvalue weighted by molar-refractivity contribution is -0.136. The molecule has 5 rings (SSSR count). The van der Waals surface area contributed by atoms with E-state index >= 15 is 0 Å². The first-order chi connectivity index (χ1) is 14.3. The van der Waals surface area contributed by atoms with Crippen molar-refractivity contribution in [1.82, 2.24) is 0 Å². The van der Waals surface area contributed by atoms with Gasteiger partial charge >= 0.3 is 13.3 Å². The highest BCUT2D eigenvalue weighted by Gasteiger charge is 2.55. The van der Waals surface area contributed by atoms with Crippen molar-refractivity contribution in [3.8, 4) is 0 Å². The standard InChI is InChI=1S/C22H21BF3NO3/c24-22(25,26)17-8-4-7-16-19(17)27-20(28)21(16,14-5-2-1-3-6-14)15-9-10-18-13(11-15)12-30-23(18)29/h4,7-11,14,29H,1-3,5-6,12H2,(H,27,28)/t21-/m0/s1. The number of rotatable bonds is 2. The van der Waals surface area contributed by atoms with E-state index in [1.165, 1.54) is 6.07 Å². The summed E-state index contributed by atoms with van der Waals surface area (Å²) in [6.45, 7) is 0.210. The Hall–Kier alpha value is -2.32. The quantitative estimate of drug-likeness (QED) is 0.735. The van der Waals surface area contributed by atoms with Gasteiger partial charge in [-0.25, -0.2) is 0 Å². The second-order valence-electron chi connectivity index (χ2n) is 8.40. The largest absolute Gasteiger partial charge is 0.491 e. The monoisotopic (exact) mass is 415 g/mol. The van der Waals surface area contributed by atoms with Crippen LogP contribution in [0.3, 0.4) is 0 Å². The topological polar surface area (TPSA) is 58.6 Å². The highest BCUT2D eigenvalue weighted by atomic mass is 19.4. The molecule has 1 fully saturated rings. The molecule has 0 aromatic heterocycles. The van der Waals surface area contributed by atoms with Crippen molar-refractivity contribution in [2.45, 2.75) is 50.3 Å². The van der Waals surface area contributed by atoms with E-state index in [1.54, 1.807) is 18.2 Å². The number of benzene rings is 2. The fourth-order valence-corrected chi connectivity index (χ4v) is 5.52. The van der Waals surface area contributed by atoms with E-state index in [2.05, 4.69) is 5.32 Å². The fourth-order valence-electron chi connectivity index (χ4n) is 5.52. The molecule has 156 valence electrons. The van der Waals surface area contributed by atoms with Gasteiger partial charge in [0, 0.05) is 0 Å². The van der Waals surface area contributed by atoms with Crippen molar-refractivity contribution in [3.05, 3.63) is 58.7 Å². The summed E-state index contributed by atoms with van der Waals surface area (Å²) in [6.07, 6.45) is -0.0504. The van der Waals surface area contributed by atoms with E-state index in [9.17, 15) is 23.0 Å². The predicted molar refractivity (Wildman–Crippen MR) is 106 cm³/mol. The summed E-state index contributed by atoms with van der Waals surface area (Å²) in [5, 5.41) is 12.6. The molecule has 2 N–H and O–H groups in total. The summed E-state index contributed by atoms with van der Waals surface area (Å²) in [7, 11) is -1.01. The third-order valence-electron chi connectivity index (χ3n) is 6.87. The number of halogens is 3. The first kappa shape index (κ1) is 19.6. The van der Waals surface area contributed by atoms with Gasteiger partial charge in [0.2, 0.25) is 5.91 Å². The van der Waals surface area contributed by atoms with Gasteiger partial charge in [0.05, 0.1) is 17.9 Å². The van der Waals surface area contributed by atoms with Gasteiger partial charge in [0.1, 0.15) is 5.41 Å². The van der Waals surface area contributed by atoms with Crippen LogP contribution in [-0.2, 0) is 27.6 Å². The molecule has 2 aromatic carbocycles. The van der Waals surface area contributed by atoms with Crippen molar-refractivity contribution in [2.24, 2.45) is 5.92 Å². The van der Waals surface area contributed by atoms with Crippen LogP contribution in [0.5, 0.6) is 0 Å². The SMILES string of the molecule is O=C1Nc2c(C(F)(F)F)cccc2[C@@]1(c1ccc2c(c1)COB2O)C1CCCCC1. The smallest absolute Gasteiger partial charge is 0.423 e. The summed E-state index contributed by atoms with van der Waals surface area (Å²) < 4.78 is 46.4. The maximum Gasteiger partial charge on any atom is 0.491 e. The molecule has 30 heavy (non-hydrogen) atoms. The van der Waals surface area contributed by atoms with E-state index in [4.69, 9.17) is 4.65 Å². The Morgan fingerprint density at radius 2 is 1.90 bits per heavy atom. The lowest BCUT2D eigenvalue weighted by Crippen LogP contribution is -2.44. The molecule has 8 heteroatoms. The molecule has 0 saturated heterocycles. The first-order valence-corrected chi connectivity index (χ1v) is 10.3. The van der Waals surface area contributed by atoms with Crippen molar-refractivity contribution < 1.29 is 27.6 Å². The minimum Gasteiger partial charge on any atom is -0.423 e. The molecule has 0 radical (unpaired) electrons. The second kappa shape index (κ2) is 6.85. The zero-order valence-corrected chi connectivity index (χ0v) is 16.3. The molecule has 2 heterocycles. The lowest BCUT2D eigenvalue weighted by Gasteiger charge is -2.39. The van der Waals surface area contributed by atoms with Gasteiger partial charge in [-0.3, -0.25) is 4.79 Å². The molecule has 1 saturated carbocycles. The van der Waals surface area contributed by atoms with Crippen molar-refractivity contribution in [1.29, 1.82) is 0 Å². The van der Waals surface area contributed by atoms with Crippen LogP contribution >= 0.6 is 0 Å². The summed E-state index contributed by atoms with van der Waals surface area (Å²) in [5.74, 6) is -0.498. The summed E-state index contributed by atoms with van der Waals surface area (Å²) in [4.78, 5) is 13.5. The number of fused-ring (bicyclic) bond motifs is 2. The van der Waals surface area contributed by atoms with Gasteiger partial charge in [-0.2, -0.15) is 13.2 Å². The van der Waals surface area contributed by atoms with Gasteiger partial charge in [-0.1, -0.05) is 49.6 Å². The van der Waals surface area contributed by atoms with Crippen LogP contribution in [0.2, 0.25) is 0 Å². The summed E-state index contributed by atoms with van der Waals surface area (Å²) in [5.41, 5.74) is 0.349. The molecule has 2 aromatic rings. The van der Waals surface area contributed by atoms with Crippen LogP contribution in [0.4, 0.5) is 18.9 Å². The van der Waals surface area contributed by atoms with Gasteiger partial charge in [0.25, 0.3) is 0 Å². The van der Waals surface area contributed by atoms with Crippen LogP contribution < -0.4 is 10.8 Å². The Balaban J connectivity index is 1.75. The zero-order chi connectivity index (χ0) is 21.1. The van der Waals surface area contributed by atoms with Crippen LogP contribution in [0, 0.1) is 5.92 Å². The van der Waals surface area contributed by atoms with Crippen LogP contribution in [-0.4, -0.2) is 18.0 Å². The van der Waals surface area contributed by atoms with Gasteiger partial charge in [-0.05, 0) is 47.0 Å². The molecule has 4 nitrogen and oxygen atoms in total. The molecular formula is C22H21BF3NO3. The Bertz CT molecular complexity index is 1020. The Labute approximate surface area is 172 Å². The molecule has 2 aliphatic heterocycles. The number of amides is 1. The average molecular weight is 415 g/mol. The minimum atomic E-state index is -4.56. The molecule has 0 bridgehead atoms. The van der Waals surface area contributed by atoms with Crippen molar-refractivity contribution in [3.63, 3.8) is 0 Å². The molecule has 0 spiro atoms. The number of nitrogens with one attached hydrogen (secondary N) is 1. The normalized spacial score (nSPS) is 24.0. The Morgan fingerprint density at radius 1 is 1.13 bits per heavy atom. The van der Waals surface area contributed by atoms with Crippen molar-refractivity contribution >= 4 is 24.2 Å². The third kappa shape index (κ3) is 2.73. The molecule has 3 aliphatic rings. The minimum absolute atomic E-state index is 0.0960. The second-order valence-corrected chi connectivity index (χ2v) is 8.40. The number of carbonyl (C=O) groups is 1. The van der Waals surface area contributed by atoms with E-state index in [0.717, 1.165) is 43.7 Å². The molecule has 0 unspecified atom stereocenters. The van der Waals surface area contributed by atoms with E-state index in [0.29, 0.717) is 16.6 Å². The fraction of sp³-hybridized carbons (Fsp3) is 0.409. The number of anilines is 1. The zero-order valence-electron chi connectivity index (χ0n) is 16.3. The van der Waals surface area contributed by atoms with Gasteiger partial charge < -0.3 is 15.0 Å². The first-order valence-electron chi connectivity index (χ1n) is 10.3. The highest BCUT2D eigenvalue weighted by Crippen LogP contribution is 2.54. The van der Waals surface area contributed by atoms with E-state index < -0.39 is 30.2 Å². The molecule has 1 aliphatic carbocycles. The number of hydrogen-bond donors (Lipinski definition) is 2. The van der Waals surface area contributed by atoms with E-state index in [1.807, 2.05) is 6.07 Å². The maximum atomic E-state index is 13.7. The maximum absolute atomic E-state index is 13.7. The predicted octanol–water partition coefficient (Wildman–Crippen LogP) is 3.74. The summed E-state index contributed by atoms with van der Waals surface area (Å²) in [6, 6.07) is 9.37. The van der Waals surface area contributed by atoms with Crippen LogP contribution in [0.25, 0.3) is 0 Å². The lowest BCUT2D eigenvalue weighted by atomic mass is 9.61. The highest BCUT2D eigenvalue weighted by molar-refractivity contribution is 6.61. The van der Waals surface area contributed by atoms with Crippen LogP contribution in [0.1, 0.15) is 54.4 Å².